The number of hydrogen-bond donors (Lipinski definition) is 4. The first-order valence-electron chi connectivity index (χ1n) is 20.1. The number of carboxylic acids is 1. The molecule has 0 aromatic carbocycles. The quantitative estimate of drug-likeness (QED) is 0.168. The second-order valence-corrected chi connectivity index (χ2v) is 18.3. The van der Waals surface area contributed by atoms with Crippen LogP contribution >= 0.6 is 0 Å². The van der Waals surface area contributed by atoms with Crippen LogP contribution in [0.5, 0.6) is 0 Å². The van der Waals surface area contributed by atoms with Crippen molar-refractivity contribution in [1.82, 2.24) is 0 Å². The number of hydrogen-bond acceptors (Lipinski definition) is 10. The Bertz CT molecular complexity index is 1260. The molecule has 5 aliphatic rings. The Morgan fingerprint density at radius 3 is 2.35 bits per heavy atom. The molecule has 52 heavy (non-hydrogen) atoms. The smallest absolute Gasteiger partial charge is 0.330 e. The van der Waals surface area contributed by atoms with Gasteiger partial charge in [-0.25, -0.2) is 4.79 Å². The van der Waals surface area contributed by atoms with E-state index >= 15 is 0 Å². The van der Waals surface area contributed by atoms with Gasteiger partial charge in [0.25, 0.3) is 0 Å². The van der Waals surface area contributed by atoms with Gasteiger partial charge < -0.3 is 48.8 Å². The second kappa shape index (κ2) is 16.1. The number of aliphatic carboxylic acids is 1. The molecule has 300 valence electrons. The summed E-state index contributed by atoms with van der Waals surface area (Å²) in [6, 6.07) is 0. The van der Waals surface area contributed by atoms with Crippen molar-refractivity contribution in [2.24, 2.45) is 41.4 Å². The minimum absolute atomic E-state index is 0.0457. The molecule has 11 nitrogen and oxygen atoms in total. The van der Waals surface area contributed by atoms with E-state index < -0.39 is 41.5 Å². The molecule has 0 radical (unpaired) electrons. The number of allylic oxidation sites excluding steroid dienone is 1. The van der Waals surface area contributed by atoms with Crippen molar-refractivity contribution in [1.29, 1.82) is 0 Å². The maximum atomic E-state index is 11.3. The Morgan fingerprint density at radius 1 is 0.981 bits per heavy atom. The van der Waals surface area contributed by atoms with Crippen LogP contribution in [-0.2, 0) is 33.2 Å². The van der Waals surface area contributed by atoms with Gasteiger partial charge in [0.05, 0.1) is 54.4 Å². The number of methoxy groups -OCH3 is 1. The topological polar surface area (TPSA) is 153 Å². The molecule has 1 spiro atoms. The Balaban J connectivity index is 1.25. The first-order chi connectivity index (χ1) is 24.3. The molecule has 5 rings (SSSR count). The van der Waals surface area contributed by atoms with Gasteiger partial charge in [-0.05, 0) is 102 Å². The molecule has 0 aromatic heterocycles. The summed E-state index contributed by atoms with van der Waals surface area (Å²) < 4.78 is 40.0. The van der Waals surface area contributed by atoms with Crippen LogP contribution in [0.2, 0.25) is 0 Å². The lowest BCUT2D eigenvalue weighted by molar-refractivity contribution is -0.347. The van der Waals surface area contributed by atoms with E-state index in [9.17, 15) is 25.2 Å². The predicted octanol–water partition coefficient (Wildman–Crippen LogP) is 5.86. The van der Waals surface area contributed by atoms with E-state index in [0.29, 0.717) is 31.4 Å². The van der Waals surface area contributed by atoms with Crippen molar-refractivity contribution < 1.29 is 53.6 Å². The van der Waals surface area contributed by atoms with E-state index in [1.165, 1.54) is 0 Å². The van der Waals surface area contributed by atoms with Gasteiger partial charge in [0, 0.05) is 37.0 Å². The van der Waals surface area contributed by atoms with Crippen LogP contribution < -0.4 is 0 Å². The maximum absolute atomic E-state index is 11.3. The first kappa shape index (κ1) is 42.0. The van der Waals surface area contributed by atoms with E-state index in [4.69, 9.17) is 28.4 Å². The van der Waals surface area contributed by atoms with E-state index in [1.54, 1.807) is 20.1 Å². The van der Waals surface area contributed by atoms with Gasteiger partial charge in [0.2, 0.25) is 0 Å². The molecule has 17 unspecified atom stereocenters. The van der Waals surface area contributed by atoms with Crippen LogP contribution in [0.1, 0.15) is 120 Å². The summed E-state index contributed by atoms with van der Waals surface area (Å²) in [4.78, 5) is 11.3. The largest absolute Gasteiger partial charge is 0.478 e. The minimum Gasteiger partial charge on any atom is -0.478 e. The van der Waals surface area contributed by atoms with Gasteiger partial charge in [-0.3, -0.25) is 0 Å². The van der Waals surface area contributed by atoms with Gasteiger partial charge >= 0.3 is 5.97 Å². The minimum atomic E-state index is -1.56. The number of aliphatic hydroxyl groups excluding tert-OH is 2. The van der Waals surface area contributed by atoms with E-state index in [2.05, 4.69) is 41.5 Å². The summed E-state index contributed by atoms with van der Waals surface area (Å²) >= 11 is 0. The lowest BCUT2D eigenvalue weighted by Crippen LogP contribution is -2.57. The fourth-order valence-electron chi connectivity index (χ4n) is 10.8. The summed E-state index contributed by atoms with van der Waals surface area (Å²) in [7, 11) is 1.73. The lowest BCUT2D eigenvalue weighted by Gasteiger charge is -2.50. The Kier molecular flexibility index (Phi) is 13.0. The van der Waals surface area contributed by atoms with Crippen LogP contribution in [0.15, 0.2) is 11.6 Å². The highest BCUT2D eigenvalue weighted by atomic mass is 16.7. The number of aliphatic hydroxyl groups is 3. The molecule has 0 aromatic rings. The number of carboxylic acid groups (broad SMARTS) is 1. The van der Waals surface area contributed by atoms with Gasteiger partial charge in [0.1, 0.15) is 0 Å². The normalized spacial score (nSPS) is 48.3. The fourth-order valence-corrected chi connectivity index (χ4v) is 10.8. The molecule has 4 N–H and O–H groups in total. The van der Waals surface area contributed by atoms with Gasteiger partial charge in [-0.1, -0.05) is 47.6 Å². The molecule has 11 heteroatoms. The zero-order valence-corrected chi connectivity index (χ0v) is 33.5. The molecule has 5 fully saturated rings. The van der Waals surface area contributed by atoms with Crippen LogP contribution in [0, 0.1) is 41.4 Å². The standard InChI is InChI=1S/C41H70O11/c1-23(15-26(4)37(44)45)11-12-31(43)19-32-18-30(21-47-10)29(7)41(49-32)28(6)20-39(9,52-41)34-13-14-38(8,50-34)36-25(3)17-33(48-36)35-24(2)16-27(5)40(46,22-42)51-35/h15,23-25,27-36,42-43,46H,11-14,16-22H2,1-10H3,(H,44,45). The molecule has 5 aliphatic heterocycles. The number of rotatable bonds is 13. The average molecular weight is 739 g/mol. The Morgan fingerprint density at radius 2 is 1.69 bits per heavy atom. The number of carbonyl (C=O) groups is 1. The highest BCUT2D eigenvalue weighted by Crippen LogP contribution is 2.57. The molecule has 0 aliphatic carbocycles. The highest BCUT2D eigenvalue weighted by Gasteiger charge is 2.64. The van der Waals surface area contributed by atoms with Crippen molar-refractivity contribution in [3.8, 4) is 0 Å². The van der Waals surface area contributed by atoms with Gasteiger partial charge in [-0.2, -0.15) is 0 Å². The second-order valence-electron chi connectivity index (χ2n) is 18.3. The predicted molar refractivity (Wildman–Crippen MR) is 195 cm³/mol. The van der Waals surface area contributed by atoms with Gasteiger partial charge in [0.15, 0.2) is 11.6 Å². The van der Waals surface area contributed by atoms with Crippen LogP contribution in [0.4, 0.5) is 0 Å². The van der Waals surface area contributed by atoms with E-state index in [0.717, 1.165) is 38.5 Å². The summed E-state index contributed by atoms with van der Waals surface area (Å²) in [6.07, 6.45) is 6.61. The number of ether oxygens (including phenoxy) is 6. The van der Waals surface area contributed by atoms with Crippen LogP contribution in [0.3, 0.4) is 0 Å². The highest BCUT2D eigenvalue weighted by molar-refractivity contribution is 5.85. The molecular formula is C41H70O11. The Hall–Kier alpha value is -1.15. The molecular weight excluding hydrogens is 668 g/mol. The Labute approximate surface area is 312 Å². The average Bonchev–Trinajstić information content (AvgIpc) is 3.74. The first-order valence-corrected chi connectivity index (χ1v) is 20.1. The third-order valence-electron chi connectivity index (χ3n) is 13.8. The maximum Gasteiger partial charge on any atom is 0.330 e. The fraction of sp³-hybridized carbons (Fsp3) is 0.927. The van der Waals surface area contributed by atoms with Gasteiger partial charge in [-0.15, -0.1) is 0 Å². The van der Waals surface area contributed by atoms with Crippen molar-refractivity contribution in [2.75, 3.05) is 20.3 Å². The molecule has 5 heterocycles. The van der Waals surface area contributed by atoms with E-state index in [-0.39, 0.29) is 71.9 Å². The van der Waals surface area contributed by atoms with Crippen LogP contribution in [-0.4, -0.2) is 106 Å². The van der Waals surface area contributed by atoms with Crippen molar-refractivity contribution in [3.63, 3.8) is 0 Å². The molecule has 5 saturated heterocycles. The summed E-state index contributed by atoms with van der Waals surface area (Å²) in [5, 5.41) is 41.3. The van der Waals surface area contributed by atoms with Crippen molar-refractivity contribution >= 4 is 5.97 Å². The molecule has 0 amide bonds. The lowest BCUT2D eigenvalue weighted by atomic mass is 9.74. The van der Waals surface area contributed by atoms with Crippen molar-refractivity contribution in [3.05, 3.63) is 11.6 Å². The molecule has 0 bridgehead atoms. The monoisotopic (exact) mass is 738 g/mol. The SMILES string of the molecule is COCC1CC(CC(O)CCC(C)C=C(C)C(=O)O)OC2(OC(C)(C3CCC(C)(C4OC(C5OC(O)(CO)C(C)CC5C)CC4C)O3)CC2C)C1C. The van der Waals surface area contributed by atoms with E-state index in [1.807, 2.05) is 13.8 Å². The summed E-state index contributed by atoms with van der Waals surface area (Å²) in [5.41, 5.74) is -0.797. The third-order valence-corrected chi connectivity index (χ3v) is 13.8. The molecule has 17 atom stereocenters. The zero-order valence-electron chi connectivity index (χ0n) is 33.5. The summed E-state index contributed by atoms with van der Waals surface area (Å²) in [5.74, 6) is -2.71. The van der Waals surface area contributed by atoms with Crippen molar-refractivity contribution in [2.45, 2.75) is 180 Å². The third kappa shape index (κ3) is 8.33. The van der Waals surface area contributed by atoms with Crippen LogP contribution in [0.25, 0.3) is 0 Å². The zero-order chi connectivity index (χ0) is 38.4. The molecule has 0 saturated carbocycles. The summed E-state index contributed by atoms with van der Waals surface area (Å²) in [6.45, 7) is 18.7.